The second-order valence-corrected chi connectivity index (χ2v) is 3.99. The number of fused-ring (bicyclic) bond motifs is 1. The first-order valence-electron chi connectivity index (χ1n) is 4.60. The molecule has 0 unspecified atom stereocenters. The third-order valence-corrected chi connectivity index (χ3v) is 2.89. The molecule has 2 rings (SSSR count). The molecule has 1 aromatic carbocycles. The molecule has 1 aliphatic rings. The van der Waals surface area contributed by atoms with Crippen molar-refractivity contribution in [2.45, 2.75) is 6.54 Å². The Morgan fingerprint density at radius 1 is 1.56 bits per heavy atom. The SMILES string of the molecule is CONCc1cc(Br)c(C=O)c2c1OCO2. The Labute approximate surface area is 101 Å². The summed E-state index contributed by atoms with van der Waals surface area (Å²) < 4.78 is 11.3. The molecule has 0 amide bonds. The van der Waals surface area contributed by atoms with E-state index in [1.54, 1.807) is 0 Å². The van der Waals surface area contributed by atoms with Gasteiger partial charge in [-0.1, -0.05) is 0 Å². The molecule has 1 N–H and O–H groups in total. The van der Waals surface area contributed by atoms with Gasteiger partial charge in [0.1, 0.15) is 0 Å². The molecule has 16 heavy (non-hydrogen) atoms. The highest BCUT2D eigenvalue weighted by Crippen LogP contribution is 2.41. The highest BCUT2D eigenvalue weighted by molar-refractivity contribution is 9.10. The Bertz CT molecular complexity index is 422. The summed E-state index contributed by atoms with van der Waals surface area (Å²) in [5.41, 5.74) is 4.05. The standard InChI is InChI=1S/C10H10BrNO4/c1-14-12-3-6-2-8(11)7(4-13)10-9(6)15-5-16-10/h2,4,12H,3,5H2,1H3. The van der Waals surface area contributed by atoms with Gasteiger partial charge in [-0.2, -0.15) is 5.48 Å². The molecule has 0 saturated heterocycles. The summed E-state index contributed by atoms with van der Waals surface area (Å²) in [5.74, 6) is 1.08. The lowest BCUT2D eigenvalue weighted by atomic mass is 10.1. The first kappa shape index (κ1) is 11.4. The molecular weight excluding hydrogens is 278 g/mol. The minimum atomic E-state index is 0.132. The van der Waals surface area contributed by atoms with Crippen molar-refractivity contribution in [1.82, 2.24) is 5.48 Å². The van der Waals surface area contributed by atoms with Crippen LogP contribution in [0.25, 0.3) is 0 Å². The van der Waals surface area contributed by atoms with Gasteiger partial charge in [-0.15, -0.1) is 0 Å². The number of rotatable bonds is 4. The van der Waals surface area contributed by atoms with Crippen molar-refractivity contribution >= 4 is 22.2 Å². The highest BCUT2D eigenvalue weighted by atomic mass is 79.9. The molecule has 6 heteroatoms. The van der Waals surface area contributed by atoms with Gasteiger partial charge in [0.05, 0.1) is 12.7 Å². The van der Waals surface area contributed by atoms with Crippen molar-refractivity contribution in [1.29, 1.82) is 0 Å². The van der Waals surface area contributed by atoms with Gasteiger partial charge in [-0.3, -0.25) is 4.79 Å². The lowest BCUT2D eigenvalue weighted by molar-refractivity contribution is 0.0858. The second-order valence-electron chi connectivity index (χ2n) is 3.14. The molecule has 0 bridgehead atoms. The zero-order valence-electron chi connectivity index (χ0n) is 8.58. The summed E-state index contributed by atoms with van der Waals surface area (Å²) in [5, 5.41) is 0. The van der Waals surface area contributed by atoms with Crippen LogP contribution in [0.1, 0.15) is 15.9 Å². The van der Waals surface area contributed by atoms with Gasteiger partial charge in [-0.25, -0.2) is 0 Å². The van der Waals surface area contributed by atoms with Crippen molar-refractivity contribution in [3.8, 4) is 11.5 Å². The number of aldehydes is 1. The van der Waals surface area contributed by atoms with Crippen LogP contribution in [-0.4, -0.2) is 20.2 Å². The smallest absolute Gasteiger partial charge is 0.231 e. The van der Waals surface area contributed by atoms with Gasteiger partial charge < -0.3 is 14.3 Å². The van der Waals surface area contributed by atoms with Gasteiger partial charge in [0.15, 0.2) is 17.8 Å². The fraction of sp³-hybridized carbons (Fsp3) is 0.300. The molecule has 0 aliphatic carbocycles. The predicted molar refractivity (Wildman–Crippen MR) is 59.5 cm³/mol. The van der Waals surface area contributed by atoms with E-state index in [1.165, 1.54) is 7.11 Å². The van der Waals surface area contributed by atoms with E-state index in [9.17, 15) is 4.79 Å². The number of benzene rings is 1. The van der Waals surface area contributed by atoms with E-state index >= 15 is 0 Å². The fourth-order valence-electron chi connectivity index (χ4n) is 1.51. The molecule has 1 aliphatic heterocycles. The summed E-state index contributed by atoms with van der Waals surface area (Å²) in [6, 6.07) is 1.81. The highest BCUT2D eigenvalue weighted by Gasteiger charge is 2.24. The van der Waals surface area contributed by atoms with E-state index in [1.807, 2.05) is 6.07 Å². The van der Waals surface area contributed by atoms with Crippen molar-refractivity contribution in [3.63, 3.8) is 0 Å². The van der Waals surface area contributed by atoms with Crippen LogP contribution in [-0.2, 0) is 11.4 Å². The van der Waals surface area contributed by atoms with Crippen molar-refractivity contribution in [2.75, 3.05) is 13.9 Å². The van der Waals surface area contributed by atoms with Crippen LogP contribution in [0.2, 0.25) is 0 Å². The summed E-state index contributed by atoms with van der Waals surface area (Å²) in [6.45, 7) is 0.604. The quantitative estimate of drug-likeness (QED) is 0.674. The Morgan fingerprint density at radius 3 is 3.00 bits per heavy atom. The van der Waals surface area contributed by atoms with Crippen LogP contribution in [0, 0.1) is 0 Å². The average Bonchev–Trinajstić information content (AvgIpc) is 2.75. The number of halogens is 1. The minimum absolute atomic E-state index is 0.132. The van der Waals surface area contributed by atoms with Crippen LogP contribution in [0.3, 0.4) is 0 Å². The number of hydrogen-bond donors (Lipinski definition) is 1. The largest absolute Gasteiger partial charge is 0.453 e. The van der Waals surface area contributed by atoms with Crippen molar-refractivity contribution in [3.05, 3.63) is 21.7 Å². The molecule has 1 heterocycles. The van der Waals surface area contributed by atoms with E-state index in [4.69, 9.17) is 14.3 Å². The summed E-state index contributed by atoms with van der Waals surface area (Å²) in [7, 11) is 1.53. The molecular formula is C10H10BrNO4. The number of hydrogen-bond acceptors (Lipinski definition) is 5. The lowest BCUT2D eigenvalue weighted by Gasteiger charge is -2.09. The zero-order valence-corrected chi connectivity index (χ0v) is 10.2. The monoisotopic (exact) mass is 287 g/mol. The molecule has 5 nitrogen and oxygen atoms in total. The van der Waals surface area contributed by atoms with Gasteiger partial charge in [0, 0.05) is 16.6 Å². The number of nitrogens with one attached hydrogen (secondary N) is 1. The number of carbonyl (C=O) groups is 1. The van der Waals surface area contributed by atoms with Crippen LogP contribution in [0.5, 0.6) is 11.5 Å². The molecule has 0 fully saturated rings. The van der Waals surface area contributed by atoms with Crippen LogP contribution in [0.15, 0.2) is 10.5 Å². The molecule has 0 aromatic heterocycles. The van der Waals surface area contributed by atoms with E-state index < -0.39 is 0 Å². The third-order valence-electron chi connectivity index (χ3n) is 2.23. The predicted octanol–water partition coefficient (Wildman–Crippen LogP) is 1.64. The van der Waals surface area contributed by atoms with E-state index in [0.29, 0.717) is 28.1 Å². The van der Waals surface area contributed by atoms with E-state index in [-0.39, 0.29) is 6.79 Å². The maximum absolute atomic E-state index is 10.9. The Morgan fingerprint density at radius 2 is 2.31 bits per heavy atom. The zero-order chi connectivity index (χ0) is 11.5. The molecule has 0 atom stereocenters. The van der Waals surface area contributed by atoms with E-state index in [0.717, 1.165) is 11.8 Å². The average molecular weight is 288 g/mol. The molecule has 0 saturated carbocycles. The second kappa shape index (κ2) is 4.82. The van der Waals surface area contributed by atoms with Gasteiger partial charge in [0.2, 0.25) is 6.79 Å². The number of carbonyl (C=O) groups excluding carboxylic acids is 1. The van der Waals surface area contributed by atoms with E-state index in [2.05, 4.69) is 21.4 Å². The van der Waals surface area contributed by atoms with Crippen molar-refractivity contribution in [2.24, 2.45) is 0 Å². The third kappa shape index (κ3) is 1.91. The molecule has 86 valence electrons. The van der Waals surface area contributed by atoms with Crippen LogP contribution < -0.4 is 15.0 Å². The summed E-state index contributed by atoms with van der Waals surface area (Å²) in [4.78, 5) is 15.7. The number of ether oxygens (including phenoxy) is 2. The molecule has 0 spiro atoms. The maximum Gasteiger partial charge on any atom is 0.231 e. The first-order chi connectivity index (χ1) is 7.77. The van der Waals surface area contributed by atoms with Crippen molar-refractivity contribution < 1.29 is 19.1 Å². The maximum atomic E-state index is 10.9. The first-order valence-corrected chi connectivity index (χ1v) is 5.39. The van der Waals surface area contributed by atoms with Gasteiger partial charge >= 0.3 is 0 Å². The van der Waals surface area contributed by atoms with Gasteiger partial charge in [-0.05, 0) is 22.0 Å². The fourth-order valence-corrected chi connectivity index (χ4v) is 2.06. The number of hydroxylamine groups is 1. The Balaban J connectivity index is 2.44. The Kier molecular flexibility index (Phi) is 3.42. The normalized spacial score (nSPS) is 12.9. The summed E-state index contributed by atoms with van der Waals surface area (Å²) in [6.07, 6.45) is 0.741. The molecule has 1 aromatic rings. The topological polar surface area (TPSA) is 56.8 Å². The summed E-state index contributed by atoms with van der Waals surface area (Å²) >= 11 is 3.32. The lowest BCUT2D eigenvalue weighted by Crippen LogP contribution is -2.11. The van der Waals surface area contributed by atoms with Gasteiger partial charge in [0.25, 0.3) is 0 Å². The Hall–Kier alpha value is -1.11. The molecule has 0 radical (unpaired) electrons. The van der Waals surface area contributed by atoms with Crippen LogP contribution in [0.4, 0.5) is 0 Å². The van der Waals surface area contributed by atoms with Crippen LogP contribution >= 0.6 is 15.9 Å². The minimum Gasteiger partial charge on any atom is -0.453 e.